The Labute approximate surface area is 73.7 Å². The summed E-state index contributed by atoms with van der Waals surface area (Å²) in [5, 5.41) is 3.04. The van der Waals surface area contributed by atoms with Crippen LogP contribution >= 0.6 is 0 Å². The summed E-state index contributed by atoms with van der Waals surface area (Å²) in [5.74, 6) is 0.916. The third kappa shape index (κ3) is 0.838. The van der Waals surface area contributed by atoms with Crippen molar-refractivity contribution >= 4 is 5.91 Å². The van der Waals surface area contributed by atoms with E-state index in [0.717, 1.165) is 12.8 Å². The van der Waals surface area contributed by atoms with Crippen LogP contribution in [0.4, 0.5) is 0 Å². The highest BCUT2D eigenvalue weighted by molar-refractivity contribution is 5.90. The summed E-state index contributed by atoms with van der Waals surface area (Å²) in [6.07, 6.45) is 4.75. The van der Waals surface area contributed by atoms with Crippen LogP contribution in [0.25, 0.3) is 0 Å². The molecule has 1 saturated carbocycles. The van der Waals surface area contributed by atoms with Crippen LogP contribution in [0.5, 0.6) is 0 Å². The van der Waals surface area contributed by atoms with Crippen molar-refractivity contribution in [2.75, 3.05) is 0 Å². The SMILES string of the molecule is CC(C)[C@@H]1NC(=O)C12CCCC2. The maximum absolute atomic E-state index is 11.5. The third-order valence-electron chi connectivity index (χ3n) is 3.50. The van der Waals surface area contributed by atoms with Gasteiger partial charge in [0.2, 0.25) is 5.91 Å². The van der Waals surface area contributed by atoms with E-state index in [2.05, 4.69) is 19.2 Å². The standard InChI is InChI=1S/C10H17NO/c1-7(2)8-10(9(12)11-8)5-3-4-6-10/h7-8H,3-6H2,1-2H3,(H,11,12)/t8-/m0/s1. The Kier molecular flexibility index (Phi) is 1.67. The first-order valence-corrected chi connectivity index (χ1v) is 4.98. The van der Waals surface area contributed by atoms with E-state index < -0.39 is 0 Å². The molecule has 2 aliphatic rings. The van der Waals surface area contributed by atoms with Gasteiger partial charge in [-0.15, -0.1) is 0 Å². The van der Waals surface area contributed by atoms with Gasteiger partial charge in [0.25, 0.3) is 0 Å². The molecule has 2 rings (SSSR count). The fourth-order valence-electron chi connectivity index (χ4n) is 2.84. The number of amides is 1. The molecule has 2 fully saturated rings. The van der Waals surface area contributed by atoms with Crippen LogP contribution in [0.1, 0.15) is 39.5 Å². The summed E-state index contributed by atoms with van der Waals surface area (Å²) in [6.45, 7) is 4.40. The average Bonchev–Trinajstić information content (AvgIpc) is 2.49. The summed E-state index contributed by atoms with van der Waals surface area (Å²) >= 11 is 0. The van der Waals surface area contributed by atoms with Gasteiger partial charge in [-0.05, 0) is 18.8 Å². The Hall–Kier alpha value is -0.530. The minimum atomic E-state index is 0.0637. The van der Waals surface area contributed by atoms with Crippen molar-refractivity contribution in [3.63, 3.8) is 0 Å². The molecule has 0 aromatic rings. The molecule has 1 aliphatic heterocycles. The van der Waals surface area contributed by atoms with Gasteiger partial charge in [-0.25, -0.2) is 0 Å². The van der Waals surface area contributed by atoms with Crippen LogP contribution < -0.4 is 5.32 Å². The van der Waals surface area contributed by atoms with Crippen molar-refractivity contribution in [1.29, 1.82) is 0 Å². The lowest BCUT2D eigenvalue weighted by Gasteiger charge is -2.48. The molecule has 0 unspecified atom stereocenters. The fraction of sp³-hybridized carbons (Fsp3) is 0.900. The minimum Gasteiger partial charge on any atom is -0.351 e. The smallest absolute Gasteiger partial charge is 0.228 e. The molecule has 12 heavy (non-hydrogen) atoms. The lowest BCUT2D eigenvalue weighted by molar-refractivity contribution is -0.147. The summed E-state index contributed by atoms with van der Waals surface area (Å²) in [6, 6.07) is 0.465. The number of hydrogen-bond donors (Lipinski definition) is 1. The van der Waals surface area contributed by atoms with Crippen LogP contribution in [0, 0.1) is 11.3 Å². The second-order valence-electron chi connectivity index (χ2n) is 4.56. The van der Waals surface area contributed by atoms with Gasteiger partial charge in [-0.1, -0.05) is 26.7 Å². The highest BCUT2D eigenvalue weighted by Gasteiger charge is 2.56. The first-order valence-electron chi connectivity index (χ1n) is 4.98. The fourth-order valence-corrected chi connectivity index (χ4v) is 2.84. The van der Waals surface area contributed by atoms with Gasteiger partial charge >= 0.3 is 0 Å². The summed E-state index contributed by atoms with van der Waals surface area (Å²) < 4.78 is 0. The molecule has 0 aromatic heterocycles. The lowest BCUT2D eigenvalue weighted by Crippen LogP contribution is -2.67. The first kappa shape index (κ1) is 8.09. The van der Waals surface area contributed by atoms with E-state index in [1.165, 1.54) is 12.8 Å². The van der Waals surface area contributed by atoms with E-state index in [1.54, 1.807) is 0 Å². The molecule has 68 valence electrons. The Bertz CT molecular complexity index is 204. The quantitative estimate of drug-likeness (QED) is 0.592. The van der Waals surface area contributed by atoms with Crippen molar-refractivity contribution < 1.29 is 4.79 Å². The molecule has 2 nitrogen and oxygen atoms in total. The zero-order valence-electron chi connectivity index (χ0n) is 7.89. The molecule has 1 heterocycles. The van der Waals surface area contributed by atoms with Gasteiger partial charge < -0.3 is 5.32 Å². The molecule has 1 amide bonds. The van der Waals surface area contributed by atoms with Gasteiger partial charge in [0.15, 0.2) is 0 Å². The number of rotatable bonds is 1. The Morgan fingerprint density at radius 1 is 1.42 bits per heavy atom. The van der Waals surface area contributed by atoms with Crippen molar-refractivity contribution in [2.45, 2.75) is 45.6 Å². The zero-order valence-corrected chi connectivity index (χ0v) is 7.89. The summed E-state index contributed by atoms with van der Waals surface area (Å²) in [7, 11) is 0. The maximum Gasteiger partial charge on any atom is 0.228 e. The summed E-state index contributed by atoms with van der Waals surface area (Å²) in [4.78, 5) is 11.5. The number of carbonyl (C=O) groups is 1. The average molecular weight is 167 g/mol. The second-order valence-corrected chi connectivity index (χ2v) is 4.56. The number of carbonyl (C=O) groups excluding carboxylic acids is 1. The summed E-state index contributed by atoms with van der Waals surface area (Å²) in [5.41, 5.74) is 0.0637. The van der Waals surface area contributed by atoms with Crippen molar-refractivity contribution in [1.82, 2.24) is 5.32 Å². The van der Waals surface area contributed by atoms with Crippen LogP contribution in [0.15, 0.2) is 0 Å². The molecule has 0 aromatic carbocycles. The molecule has 0 bridgehead atoms. The molecule has 2 heteroatoms. The molecule has 1 aliphatic carbocycles. The molecular weight excluding hydrogens is 150 g/mol. The molecule has 1 saturated heterocycles. The van der Waals surface area contributed by atoms with Gasteiger partial charge in [0, 0.05) is 6.04 Å². The van der Waals surface area contributed by atoms with Crippen LogP contribution in [0.3, 0.4) is 0 Å². The van der Waals surface area contributed by atoms with Gasteiger partial charge in [0.1, 0.15) is 0 Å². The Balaban J connectivity index is 2.15. The van der Waals surface area contributed by atoms with E-state index in [4.69, 9.17) is 0 Å². The van der Waals surface area contributed by atoms with Crippen molar-refractivity contribution in [3.8, 4) is 0 Å². The topological polar surface area (TPSA) is 29.1 Å². The van der Waals surface area contributed by atoms with Gasteiger partial charge in [0.05, 0.1) is 5.41 Å². The second kappa shape index (κ2) is 2.48. The highest BCUT2D eigenvalue weighted by atomic mass is 16.2. The Morgan fingerprint density at radius 3 is 2.42 bits per heavy atom. The predicted molar refractivity (Wildman–Crippen MR) is 47.7 cm³/mol. The van der Waals surface area contributed by atoms with E-state index in [1.807, 2.05) is 0 Å². The first-order chi connectivity index (χ1) is 5.67. The number of β-lactam (4-membered cyclic amide) rings is 1. The van der Waals surface area contributed by atoms with Crippen molar-refractivity contribution in [3.05, 3.63) is 0 Å². The van der Waals surface area contributed by atoms with E-state index in [-0.39, 0.29) is 5.41 Å². The molecule has 1 N–H and O–H groups in total. The predicted octanol–water partition coefficient (Wildman–Crippen LogP) is 1.70. The third-order valence-corrected chi connectivity index (χ3v) is 3.50. The maximum atomic E-state index is 11.5. The van der Waals surface area contributed by atoms with Crippen LogP contribution in [-0.2, 0) is 4.79 Å². The van der Waals surface area contributed by atoms with E-state index >= 15 is 0 Å². The lowest BCUT2D eigenvalue weighted by atomic mass is 9.67. The molecular formula is C10H17NO. The van der Waals surface area contributed by atoms with Crippen LogP contribution in [-0.4, -0.2) is 11.9 Å². The van der Waals surface area contributed by atoms with Crippen molar-refractivity contribution in [2.24, 2.45) is 11.3 Å². The van der Waals surface area contributed by atoms with E-state index in [0.29, 0.717) is 17.9 Å². The minimum absolute atomic E-state index is 0.0637. The van der Waals surface area contributed by atoms with E-state index in [9.17, 15) is 4.79 Å². The highest BCUT2D eigenvalue weighted by Crippen LogP contribution is 2.48. The molecule has 1 atom stereocenters. The largest absolute Gasteiger partial charge is 0.351 e. The molecule has 0 radical (unpaired) electrons. The van der Waals surface area contributed by atoms with Gasteiger partial charge in [-0.3, -0.25) is 4.79 Å². The molecule has 1 spiro atoms. The normalized spacial score (nSPS) is 32.2. The Morgan fingerprint density at radius 2 is 2.00 bits per heavy atom. The number of nitrogens with one attached hydrogen (secondary N) is 1. The number of hydrogen-bond acceptors (Lipinski definition) is 1. The van der Waals surface area contributed by atoms with Gasteiger partial charge in [-0.2, -0.15) is 0 Å². The van der Waals surface area contributed by atoms with Crippen LogP contribution in [0.2, 0.25) is 0 Å². The zero-order chi connectivity index (χ0) is 8.77. The monoisotopic (exact) mass is 167 g/mol.